The molecule has 1 heterocycles. The van der Waals surface area contributed by atoms with E-state index < -0.39 is 82.3 Å². The third-order valence-electron chi connectivity index (χ3n) is 7.22. The van der Waals surface area contributed by atoms with Gasteiger partial charge in [0, 0.05) is 18.2 Å². The van der Waals surface area contributed by atoms with Gasteiger partial charge >= 0.3 is 6.18 Å². The van der Waals surface area contributed by atoms with Crippen LogP contribution in [0.1, 0.15) is 43.2 Å². The highest BCUT2D eigenvalue weighted by Crippen LogP contribution is 2.52. The van der Waals surface area contributed by atoms with Gasteiger partial charge in [0.05, 0.1) is 15.7 Å². The number of rotatable bonds is 5. The van der Waals surface area contributed by atoms with Gasteiger partial charge in [-0.25, -0.2) is 30.3 Å². The molecule has 2 fully saturated rings. The Hall–Kier alpha value is -2.09. The smallest absolute Gasteiger partial charge is 0.396 e. The summed E-state index contributed by atoms with van der Waals surface area (Å²) < 4.78 is 122. The van der Waals surface area contributed by atoms with Crippen LogP contribution in [-0.2, 0) is 30.8 Å². The Morgan fingerprint density at radius 3 is 2.36 bits per heavy atom. The molecule has 36 heavy (non-hydrogen) atoms. The van der Waals surface area contributed by atoms with Crippen LogP contribution >= 0.6 is 0 Å². The predicted molar refractivity (Wildman–Crippen MR) is 120 cm³/mol. The second kappa shape index (κ2) is 9.34. The maximum atomic E-state index is 15.1. The van der Waals surface area contributed by atoms with E-state index in [-0.39, 0.29) is 32.1 Å². The highest BCUT2D eigenvalue weighted by Gasteiger charge is 2.55. The zero-order valence-corrected chi connectivity index (χ0v) is 20.4. The zero-order valence-electron chi connectivity index (χ0n) is 18.8. The Morgan fingerprint density at radius 2 is 1.75 bits per heavy atom. The van der Waals surface area contributed by atoms with E-state index in [0.29, 0.717) is 12.1 Å². The lowest BCUT2D eigenvalue weighted by molar-refractivity contribution is -0.137. The molecule has 0 unspecified atom stereocenters. The molecule has 0 aromatic heterocycles. The monoisotopic (exact) mass is 553 g/mol. The zero-order chi connectivity index (χ0) is 26.5. The first-order chi connectivity index (χ1) is 16.7. The fourth-order valence-electron chi connectivity index (χ4n) is 5.41. The minimum absolute atomic E-state index is 0.0121. The van der Waals surface area contributed by atoms with Gasteiger partial charge in [0.2, 0.25) is 10.0 Å². The van der Waals surface area contributed by atoms with Crippen LogP contribution in [-0.4, -0.2) is 39.8 Å². The van der Waals surface area contributed by atoms with Gasteiger partial charge in [-0.05, 0) is 80.5 Å². The van der Waals surface area contributed by atoms with E-state index in [4.69, 9.17) is 0 Å². The number of fused-ring (bicyclic) bond motifs is 1. The van der Waals surface area contributed by atoms with E-state index >= 15 is 4.39 Å². The molecule has 2 aromatic rings. The predicted octanol–water partition coefficient (Wildman–Crippen LogP) is 3.90. The molecular weight excluding hydrogens is 529 g/mol. The largest absolute Gasteiger partial charge is 0.416 e. The molecule has 1 aliphatic carbocycles. The SMILES string of the molecule is O=S1(=O)N[C@H]2CC[C@@](c3cc(F)ccc3F)(S(=O)(=O)c3ccc(C(F)(F)F)cc3)C[C@H]2C[C@@H]1CCO. The standard InChI is InChI=1S/C23H24F5NO5S2/c24-16-3-6-20(25)19(12-16)22(35(31,32)17-4-1-15(2-5-17)23(26,27)28)9-7-21-14(13-22)11-18(8-10-30)36(33,34)29-21/h1-6,12,14,18,21,29-30H,7-11,13H2/t14-,18+,21+,22-/m1/s1. The molecule has 2 N–H and O–H groups in total. The first-order valence-corrected chi connectivity index (χ1v) is 14.2. The molecule has 0 amide bonds. The summed E-state index contributed by atoms with van der Waals surface area (Å²) in [5.41, 5.74) is -1.52. The van der Waals surface area contributed by atoms with Gasteiger partial charge in [-0.15, -0.1) is 0 Å². The van der Waals surface area contributed by atoms with Gasteiger partial charge in [0.1, 0.15) is 16.4 Å². The van der Waals surface area contributed by atoms with Crippen molar-refractivity contribution in [3.05, 3.63) is 65.2 Å². The van der Waals surface area contributed by atoms with Crippen molar-refractivity contribution in [1.82, 2.24) is 4.72 Å². The molecule has 0 spiro atoms. The van der Waals surface area contributed by atoms with Crippen molar-refractivity contribution in [2.24, 2.45) is 5.92 Å². The Bertz CT molecular complexity index is 1350. The minimum atomic E-state index is -4.70. The molecule has 1 saturated carbocycles. The number of halogens is 5. The summed E-state index contributed by atoms with van der Waals surface area (Å²) in [6.07, 6.45) is -5.40. The number of hydrogen-bond acceptors (Lipinski definition) is 5. The number of nitrogens with one attached hydrogen (secondary N) is 1. The number of alkyl halides is 3. The van der Waals surface area contributed by atoms with Crippen LogP contribution in [0.5, 0.6) is 0 Å². The summed E-state index contributed by atoms with van der Waals surface area (Å²) in [4.78, 5) is -0.485. The van der Waals surface area contributed by atoms with Crippen molar-refractivity contribution in [3.8, 4) is 0 Å². The van der Waals surface area contributed by atoms with E-state index in [1.165, 1.54) is 0 Å². The lowest BCUT2D eigenvalue weighted by Crippen LogP contribution is -2.57. The van der Waals surface area contributed by atoms with Crippen molar-refractivity contribution < 1.29 is 43.9 Å². The number of aliphatic hydroxyl groups is 1. The molecule has 0 bridgehead atoms. The Morgan fingerprint density at radius 1 is 1.08 bits per heavy atom. The number of hydrogen-bond donors (Lipinski definition) is 2. The van der Waals surface area contributed by atoms with Crippen LogP contribution in [0.2, 0.25) is 0 Å². The van der Waals surface area contributed by atoms with Crippen LogP contribution in [0, 0.1) is 17.6 Å². The third kappa shape index (κ3) is 4.66. The van der Waals surface area contributed by atoms with Gasteiger partial charge in [-0.3, -0.25) is 0 Å². The molecule has 2 aromatic carbocycles. The lowest BCUT2D eigenvalue weighted by Gasteiger charge is -2.47. The van der Waals surface area contributed by atoms with Crippen LogP contribution < -0.4 is 4.72 Å². The second-order valence-corrected chi connectivity index (χ2v) is 13.5. The molecule has 1 aliphatic heterocycles. The van der Waals surface area contributed by atoms with E-state index in [0.717, 1.165) is 30.3 Å². The third-order valence-corrected chi connectivity index (χ3v) is 11.7. The highest BCUT2D eigenvalue weighted by molar-refractivity contribution is 7.92. The average molecular weight is 554 g/mol. The van der Waals surface area contributed by atoms with Crippen LogP contribution in [0.3, 0.4) is 0 Å². The molecule has 1 saturated heterocycles. The summed E-state index contributed by atoms with van der Waals surface area (Å²) in [6, 6.07) is 4.55. The van der Waals surface area contributed by atoms with Gasteiger partial charge < -0.3 is 5.11 Å². The van der Waals surface area contributed by atoms with Crippen LogP contribution in [0.25, 0.3) is 0 Å². The van der Waals surface area contributed by atoms with E-state index in [9.17, 15) is 39.5 Å². The quantitative estimate of drug-likeness (QED) is 0.548. The fourth-order valence-corrected chi connectivity index (χ4v) is 9.46. The molecule has 198 valence electrons. The average Bonchev–Trinajstić information content (AvgIpc) is 2.80. The lowest BCUT2D eigenvalue weighted by atomic mass is 9.72. The molecule has 0 radical (unpaired) electrons. The molecule has 6 nitrogen and oxygen atoms in total. The molecular formula is C23H24F5NO5S2. The number of aliphatic hydroxyl groups excluding tert-OH is 1. The summed E-state index contributed by atoms with van der Waals surface area (Å²) in [5, 5.41) is 8.28. The highest BCUT2D eigenvalue weighted by atomic mass is 32.2. The maximum Gasteiger partial charge on any atom is 0.416 e. The van der Waals surface area contributed by atoms with Crippen LogP contribution in [0.15, 0.2) is 47.4 Å². The minimum Gasteiger partial charge on any atom is -0.396 e. The van der Waals surface area contributed by atoms with Gasteiger partial charge in [-0.2, -0.15) is 13.2 Å². The first kappa shape index (κ1) is 27.0. The van der Waals surface area contributed by atoms with Crippen molar-refractivity contribution in [1.29, 1.82) is 0 Å². The van der Waals surface area contributed by atoms with Crippen molar-refractivity contribution >= 4 is 19.9 Å². The van der Waals surface area contributed by atoms with Gasteiger partial charge in [0.15, 0.2) is 9.84 Å². The summed E-state index contributed by atoms with van der Waals surface area (Å²) in [5.74, 6) is -2.49. The van der Waals surface area contributed by atoms with E-state index in [1.807, 2.05) is 0 Å². The molecule has 13 heteroatoms. The Labute approximate surface area is 205 Å². The molecule has 4 atom stereocenters. The normalized spacial score (nSPS) is 28.4. The van der Waals surface area contributed by atoms with Gasteiger partial charge in [0.25, 0.3) is 0 Å². The van der Waals surface area contributed by atoms with Crippen LogP contribution in [0.4, 0.5) is 22.0 Å². The van der Waals surface area contributed by atoms with Crippen molar-refractivity contribution in [2.45, 2.75) is 59.2 Å². The molecule has 4 rings (SSSR count). The number of sulfonamides is 1. The molecule has 2 aliphatic rings. The second-order valence-electron chi connectivity index (χ2n) is 9.29. The van der Waals surface area contributed by atoms with Crippen molar-refractivity contribution in [2.75, 3.05) is 6.61 Å². The first-order valence-electron chi connectivity index (χ1n) is 11.2. The number of sulfone groups is 1. The fraction of sp³-hybridized carbons (Fsp3) is 0.478. The number of benzene rings is 2. The Balaban J connectivity index is 1.84. The van der Waals surface area contributed by atoms with E-state index in [1.54, 1.807) is 0 Å². The summed E-state index contributed by atoms with van der Waals surface area (Å²) >= 11 is 0. The summed E-state index contributed by atoms with van der Waals surface area (Å²) in [6.45, 7) is -0.420. The maximum absolute atomic E-state index is 15.1. The topological polar surface area (TPSA) is 101 Å². The Kier molecular flexibility index (Phi) is 6.99. The van der Waals surface area contributed by atoms with Crippen molar-refractivity contribution in [3.63, 3.8) is 0 Å². The van der Waals surface area contributed by atoms with Gasteiger partial charge in [-0.1, -0.05) is 0 Å². The summed E-state index contributed by atoms with van der Waals surface area (Å²) in [7, 11) is -8.37. The van der Waals surface area contributed by atoms with E-state index in [2.05, 4.69) is 4.72 Å².